The van der Waals surface area contributed by atoms with Gasteiger partial charge in [0.2, 0.25) is 5.95 Å². The number of nitrogens with two attached hydrogens (primary N) is 1. The van der Waals surface area contributed by atoms with Gasteiger partial charge in [0.25, 0.3) is 0 Å². The molecule has 1 aromatic heterocycles. The lowest BCUT2D eigenvalue weighted by Gasteiger charge is -2.32. The summed E-state index contributed by atoms with van der Waals surface area (Å²) in [7, 11) is 0. The van der Waals surface area contributed by atoms with E-state index in [2.05, 4.69) is 21.3 Å². The van der Waals surface area contributed by atoms with Crippen molar-refractivity contribution in [2.75, 3.05) is 25.0 Å². The van der Waals surface area contributed by atoms with Crippen LogP contribution in [0.2, 0.25) is 10.0 Å². The molecule has 0 spiro atoms. The number of primary amides is 1. The van der Waals surface area contributed by atoms with Crippen LogP contribution < -0.4 is 11.1 Å². The van der Waals surface area contributed by atoms with Crippen molar-refractivity contribution in [3.8, 4) is 0 Å². The fraction of sp³-hybridized carbons (Fsp3) is 0.333. The fourth-order valence-electron chi connectivity index (χ4n) is 3.78. The second-order valence-electron chi connectivity index (χ2n) is 7.36. The van der Waals surface area contributed by atoms with Crippen molar-refractivity contribution in [1.29, 1.82) is 0 Å². The Morgan fingerprint density at radius 3 is 2.76 bits per heavy atom. The molecule has 8 heteroatoms. The molecule has 1 amide bonds. The van der Waals surface area contributed by atoms with E-state index in [-0.39, 0.29) is 0 Å². The maximum atomic E-state index is 11.9. The summed E-state index contributed by atoms with van der Waals surface area (Å²) in [6.45, 7) is 3.63. The summed E-state index contributed by atoms with van der Waals surface area (Å²) < 4.78 is 1.41. The molecule has 0 saturated carbocycles. The van der Waals surface area contributed by atoms with E-state index in [1.54, 1.807) is 6.07 Å². The molecule has 0 bridgehead atoms. The van der Waals surface area contributed by atoms with E-state index in [1.165, 1.54) is 10.1 Å². The minimum absolute atomic E-state index is 0.480. The number of aromatic nitrogens is 2. The van der Waals surface area contributed by atoms with E-state index in [0.29, 0.717) is 32.9 Å². The predicted molar refractivity (Wildman–Crippen MR) is 117 cm³/mol. The number of hydrogen-bond donors (Lipinski definition) is 2. The third-order valence-corrected chi connectivity index (χ3v) is 6.09. The van der Waals surface area contributed by atoms with Gasteiger partial charge >= 0.3 is 6.03 Å². The van der Waals surface area contributed by atoms with E-state index in [9.17, 15) is 4.79 Å². The Morgan fingerprint density at radius 2 is 2.03 bits per heavy atom. The van der Waals surface area contributed by atoms with Gasteiger partial charge in [0.1, 0.15) is 0 Å². The highest BCUT2D eigenvalue weighted by Crippen LogP contribution is 2.25. The molecule has 1 saturated heterocycles. The van der Waals surface area contributed by atoms with Crippen LogP contribution in [0.5, 0.6) is 0 Å². The van der Waals surface area contributed by atoms with Crippen LogP contribution in [0.15, 0.2) is 36.4 Å². The first-order chi connectivity index (χ1) is 14.0. The quantitative estimate of drug-likeness (QED) is 0.628. The number of nitrogens with zero attached hydrogens (tertiary/aromatic N) is 3. The Balaban J connectivity index is 1.33. The lowest BCUT2D eigenvalue weighted by molar-refractivity contribution is 0.182. The SMILES string of the molecule is NC(=O)n1c(NCC2CCN(Cc3ccc(Cl)c(Cl)c3)CC2)nc2[c]cccc21. The number of carbonyl (C=O) groups is 1. The molecule has 6 nitrogen and oxygen atoms in total. The van der Waals surface area contributed by atoms with E-state index in [1.807, 2.05) is 30.3 Å². The Kier molecular flexibility index (Phi) is 5.94. The molecule has 1 fully saturated rings. The number of fused-ring (bicyclic) bond motifs is 1. The van der Waals surface area contributed by atoms with Gasteiger partial charge in [-0.25, -0.2) is 14.3 Å². The number of carbonyl (C=O) groups excluding carboxylic acids is 1. The number of halogens is 2. The van der Waals surface area contributed by atoms with Crippen LogP contribution in [0.25, 0.3) is 11.0 Å². The Bertz CT molecular complexity index is 1030. The summed E-state index contributed by atoms with van der Waals surface area (Å²) in [5, 5.41) is 4.49. The molecule has 1 radical (unpaired) electrons. The van der Waals surface area contributed by atoms with Gasteiger partial charge in [-0.1, -0.05) is 41.4 Å². The van der Waals surface area contributed by atoms with Crippen LogP contribution in [-0.4, -0.2) is 40.1 Å². The highest BCUT2D eigenvalue weighted by Gasteiger charge is 2.21. The minimum Gasteiger partial charge on any atom is -0.355 e. The number of para-hydroxylation sites is 1. The molecule has 3 aromatic rings. The normalized spacial score (nSPS) is 15.7. The first-order valence-corrected chi connectivity index (χ1v) is 10.4. The van der Waals surface area contributed by atoms with Crippen molar-refractivity contribution >= 4 is 46.2 Å². The van der Waals surface area contributed by atoms with Crippen molar-refractivity contribution in [2.45, 2.75) is 19.4 Å². The zero-order valence-corrected chi connectivity index (χ0v) is 17.4. The monoisotopic (exact) mass is 430 g/mol. The van der Waals surface area contributed by atoms with Crippen LogP contribution in [0.3, 0.4) is 0 Å². The van der Waals surface area contributed by atoms with Crippen molar-refractivity contribution in [3.05, 3.63) is 58.1 Å². The second kappa shape index (κ2) is 8.61. The summed E-state index contributed by atoms with van der Waals surface area (Å²) in [6.07, 6.45) is 2.13. The van der Waals surface area contributed by atoms with E-state index in [4.69, 9.17) is 28.9 Å². The fourth-order valence-corrected chi connectivity index (χ4v) is 4.10. The number of amides is 1. The number of rotatable bonds is 5. The average molecular weight is 431 g/mol. The van der Waals surface area contributed by atoms with Gasteiger partial charge in [-0.15, -0.1) is 0 Å². The third kappa shape index (κ3) is 4.50. The first-order valence-electron chi connectivity index (χ1n) is 9.60. The van der Waals surface area contributed by atoms with Crippen LogP contribution >= 0.6 is 23.2 Å². The second-order valence-corrected chi connectivity index (χ2v) is 8.18. The number of benzene rings is 2. The van der Waals surface area contributed by atoms with Crippen LogP contribution in [0.1, 0.15) is 18.4 Å². The molecule has 4 rings (SSSR count). The molecule has 2 heterocycles. The largest absolute Gasteiger partial charge is 0.355 e. The molecule has 2 aromatic carbocycles. The maximum Gasteiger partial charge on any atom is 0.326 e. The standard InChI is InChI=1S/C21H22Cl2N5O/c22-16-6-5-15(11-17(16)23)13-27-9-7-14(8-10-27)12-25-21-26-18-3-1-2-4-19(18)28(21)20(24)29/h1-2,4-6,11,14H,7-10,12-13H2,(H2,24,29)(H,25,26). The number of imidazole rings is 1. The van der Waals surface area contributed by atoms with E-state index >= 15 is 0 Å². The molecule has 151 valence electrons. The van der Waals surface area contributed by atoms with Gasteiger partial charge in [0, 0.05) is 19.2 Å². The van der Waals surface area contributed by atoms with Crippen molar-refractivity contribution < 1.29 is 4.79 Å². The minimum atomic E-state index is -0.550. The van der Waals surface area contributed by atoms with Crippen molar-refractivity contribution in [2.24, 2.45) is 11.7 Å². The molecule has 0 atom stereocenters. The number of likely N-dealkylation sites (tertiary alicyclic amines) is 1. The molecule has 0 unspecified atom stereocenters. The smallest absolute Gasteiger partial charge is 0.326 e. The number of nitrogens with one attached hydrogen (secondary N) is 1. The average Bonchev–Trinajstić information content (AvgIpc) is 3.09. The van der Waals surface area contributed by atoms with Gasteiger partial charge in [-0.3, -0.25) is 4.90 Å². The Morgan fingerprint density at radius 1 is 1.24 bits per heavy atom. The predicted octanol–water partition coefficient (Wildman–Crippen LogP) is 4.39. The van der Waals surface area contributed by atoms with Crippen molar-refractivity contribution in [3.63, 3.8) is 0 Å². The first kappa shape index (κ1) is 20.0. The summed E-state index contributed by atoms with van der Waals surface area (Å²) in [6, 6.07) is 13.7. The molecule has 1 aliphatic rings. The Hall–Kier alpha value is -2.28. The van der Waals surface area contributed by atoms with Crippen molar-refractivity contribution in [1.82, 2.24) is 14.5 Å². The number of piperidine rings is 1. The molecule has 3 N–H and O–H groups in total. The van der Waals surface area contributed by atoms with E-state index in [0.717, 1.165) is 39.0 Å². The molecule has 29 heavy (non-hydrogen) atoms. The van der Waals surface area contributed by atoms with Gasteiger partial charge < -0.3 is 11.1 Å². The summed E-state index contributed by atoms with van der Waals surface area (Å²) in [4.78, 5) is 18.8. The van der Waals surface area contributed by atoms with Gasteiger partial charge in [0.05, 0.1) is 21.1 Å². The molecular formula is C21H22Cl2N5O. The highest BCUT2D eigenvalue weighted by molar-refractivity contribution is 6.42. The molecular weight excluding hydrogens is 409 g/mol. The number of anilines is 1. The Labute approximate surface area is 179 Å². The highest BCUT2D eigenvalue weighted by atomic mass is 35.5. The summed E-state index contributed by atoms with van der Waals surface area (Å²) in [5.41, 5.74) is 8.02. The topological polar surface area (TPSA) is 76.2 Å². The van der Waals surface area contributed by atoms with E-state index < -0.39 is 6.03 Å². The number of hydrogen-bond acceptors (Lipinski definition) is 4. The van der Waals surface area contributed by atoms with Crippen LogP contribution in [0, 0.1) is 12.0 Å². The third-order valence-electron chi connectivity index (χ3n) is 5.35. The van der Waals surface area contributed by atoms with Gasteiger partial charge in [-0.05, 0) is 55.6 Å². The van der Waals surface area contributed by atoms with Crippen LogP contribution in [-0.2, 0) is 6.54 Å². The van der Waals surface area contributed by atoms with Crippen LogP contribution in [0.4, 0.5) is 10.7 Å². The maximum absolute atomic E-state index is 11.9. The lowest BCUT2D eigenvalue weighted by atomic mass is 9.96. The summed E-state index contributed by atoms with van der Waals surface area (Å²) >= 11 is 12.1. The zero-order chi connectivity index (χ0) is 20.4. The molecule has 1 aliphatic heterocycles. The van der Waals surface area contributed by atoms with Gasteiger partial charge in [0.15, 0.2) is 0 Å². The zero-order valence-electron chi connectivity index (χ0n) is 15.9. The summed E-state index contributed by atoms with van der Waals surface area (Å²) in [5.74, 6) is 0.985. The lowest BCUT2D eigenvalue weighted by Crippen LogP contribution is -2.35. The van der Waals surface area contributed by atoms with Gasteiger partial charge in [-0.2, -0.15) is 0 Å². The molecule has 0 aliphatic carbocycles.